The molecule has 1 atom stereocenters. The van der Waals surface area contributed by atoms with Crippen molar-refractivity contribution in [3.8, 4) is 0 Å². The van der Waals surface area contributed by atoms with Gasteiger partial charge >= 0.3 is 0 Å². The maximum atomic E-state index is 4.49. The fourth-order valence-electron chi connectivity index (χ4n) is 2.02. The minimum absolute atomic E-state index is 0.197. The maximum absolute atomic E-state index is 4.49. The predicted molar refractivity (Wildman–Crippen MR) is 81.4 cm³/mol. The van der Waals surface area contributed by atoms with Gasteiger partial charge in [0.25, 0.3) is 0 Å². The number of rotatable bonds is 5. The number of aryl methyl sites for hydroxylation is 1. The highest BCUT2D eigenvalue weighted by Crippen LogP contribution is 2.25. The molecule has 1 N–H and O–H groups in total. The second kappa shape index (κ2) is 5.88. The van der Waals surface area contributed by atoms with Gasteiger partial charge in [-0.05, 0) is 29.8 Å². The van der Waals surface area contributed by atoms with E-state index in [1.165, 1.54) is 4.88 Å². The van der Waals surface area contributed by atoms with E-state index in [1.807, 2.05) is 19.4 Å². The van der Waals surface area contributed by atoms with Crippen LogP contribution >= 0.6 is 11.3 Å². The first kappa shape index (κ1) is 14.3. The quantitative estimate of drug-likeness (QED) is 0.905. The summed E-state index contributed by atoms with van der Waals surface area (Å²) in [7, 11) is 2.05. The van der Waals surface area contributed by atoms with Gasteiger partial charge in [0, 0.05) is 24.3 Å². The lowest BCUT2D eigenvalue weighted by Gasteiger charge is -2.22. The Hall–Kier alpha value is -1.13. The Morgan fingerprint density at radius 3 is 2.74 bits per heavy atom. The average molecular weight is 277 g/mol. The number of hydrogen-bond acceptors (Lipinski definition) is 3. The first-order chi connectivity index (χ1) is 8.97. The minimum Gasteiger partial charge on any atom is -0.336 e. The van der Waals surface area contributed by atoms with Gasteiger partial charge in [0.05, 0.1) is 0 Å². The molecule has 2 aromatic heterocycles. The molecule has 0 aliphatic rings. The van der Waals surface area contributed by atoms with E-state index in [0.717, 1.165) is 18.8 Å². The van der Waals surface area contributed by atoms with E-state index in [1.54, 1.807) is 11.3 Å². The molecule has 0 aliphatic heterocycles. The number of imidazole rings is 1. The number of nitrogens with zero attached hydrogens (tertiary/aromatic N) is 2. The fraction of sp³-hybridized carbons (Fsp3) is 0.533. The Bertz CT molecular complexity index is 494. The molecule has 19 heavy (non-hydrogen) atoms. The van der Waals surface area contributed by atoms with Crippen molar-refractivity contribution in [3.63, 3.8) is 0 Å². The molecule has 2 rings (SSSR count). The van der Waals surface area contributed by atoms with Crippen LogP contribution in [-0.4, -0.2) is 16.1 Å². The van der Waals surface area contributed by atoms with Crippen LogP contribution in [0.15, 0.2) is 29.9 Å². The van der Waals surface area contributed by atoms with Crippen molar-refractivity contribution in [2.24, 2.45) is 12.5 Å². The summed E-state index contributed by atoms with van der Waals surface area (Å²) in [5.74, 6) is 1.08. The van der Waals surface area contributed by atoms with Crippen LogP contribution in [-0.2, 0) is 7.05 Å². The van der Waals surface area contributed by atoms with E-state index >= 15 is 0 Å². The molecule has 0 fully saturated rings. The maximum Gasteiger partial charge on any atom is 0.131 e. The standard InChI is InChI=1S/C15H23N3S/c1-15(2,3)7-8-16-13(12-6-5-11-19-12)14-17-9-10-18(14)4/h5-6,9-11,13,16H,7-8H2,1-4H3. The van der Waals surface area contributed by atoms with Gasteiger partial charge in [-0.3, -0.25) is 0 Å². The molecule has 0 spiro atoms. The van der Waals surface area contributed by atoms with E-state index in [9.17, 15) is 0 Å². The van der Waals surface area contributed by atoms with Crippen LogP contribution in [0.4, 0.5) is 0 Å². The summed E-state index contributed by atoms with van der Waals surface area (Å²) in [5, 5.41) is 5.77. The molecule has 0 radical (unpaired) electrons. The van der Waals surface area contributed by atoms with Crippen LogP contribution in [0, 0.1) is 5.41 Å². The van der Waals surface area contributed by atoms with Gasteiger partial charge in [-0.25, -0.2) is 4.98 Å². The Morgan fingerprint density at radius 2 is 2.21 bits per heavy atom. The van der Waals surface area contributed by atoms with Crippen molar-refractivity contribution < 1.29 is 0 Å². The van der Waals surface area contributed by atoms with Gasteiger partial charge in [-0.2, -0.15) is 0 Å². The molecule has 4 heteroatoms. The lowest BCUT2D eigenvalue weighted by Crippen LogP contribution is -2.27. The summed E-state index contributed by atoms with van der Waals surface area (Å²) >= 11 is 1.78. The van der Waals surface area contributed by atoms with Crippen molar-refractivity contribution in [3.05, 3.63) is 40.6 Å². The van der Waals surface area contributed by atoms with Gasteiger partial charge < -0.3 is 9.88 Å². The van der Waals surface area contributed by atoms with Crippen molar-refractivity contribution in [2.75, 3.05) is 6.54 Å². The second-order valence-corrected chi connectivity index (χ2v) is 7.09. The molecule has 0 bridgehead atoms. The van der Waals surface area contributed by atoms with Crippen molar-refractivity contribution >= 4 is 11.3 Å². The van der Waals surface area contributed by atoms with Crippen LogP contribution < -0.4 is 5.32 Å². The van der Waals surface area contributed by atoms with Crippen LogP contribution in [0.5, 0.6) is 0 Å². The summed E-state index contributed by atoms with van der Waals surface area (Å²) < 4.78 is 2.09. The Kier molecular flexibility index (Phi) is 4.42. The third kappa shape index (κ3) is 3.91. The fourth-order valence-corrected chi connectivity index (χ4v) is 2.82. The zero-order chi connectivity index (χ0) is 13.9. The zero-order valence-electron chi connectivity index (χ0n) is 12.2. The summed E-state index contributed by atoms with van der Waals surface area (Å²) in [4.78, 5) is 5.82. The van der Waals surface area contributed by atoms with Gasteiger partial charge in [0.2, 0.25) is 0 Å². The smallest absolute Gasteiger partial charge is 0.131 e. The lowest BCUT2D eigenvalue weighted by atomic mass is 9.92. The van der Waals surface area contributed by atoms with E-state index in [2.05, 4.69) is 53.2 Å². The molecule has 3 nitrogen and oxygen atoms in total. The Labute approximate surface area is 119 Å². The van der Waals surface area contributed by atoms with E-state index in [0.29, 0.717) is 5.41 Å². The van der Waals surface area contributed by atoms with Gasteiger partial charge in [0.1, 0.15) is 11.9 Å². The largest absolute Gasteiger partial charge is 0.336 e. The lowest BCUT2D eigenvalue weighted by molar-refractivity contribution is 0.359. The highest BCUT2D eigenvalue weighted by molar-refractivity contribution is 7.10. The van der Waals surface area contributed by atoms with Crippen molar-refractivity contribution in [1.82, 2.24) is 14.9 Å². The molecule has 0 saturated carbocycles. The zero-order valence-corrected chi connectivity index (χ0v) is 13.0. The molecule has 104 valence electrons. The number of hydrogen-bond donors (Lipinski definition) is 1. The van der Waals surface area contributed by atoms with E-state index in [4.69, 9.17) is 0 Å². The highest BCUT2D eigenvalue weighted by Gasteiger charge is 2.19. The molecule has 0 saturated heterocycles. The summed E-state index contributed by atoms with van der Waals surface area (Å²) in [6, 6.07) is 4.47. The van der Waals surface area contributed by atoms with Crippen LogP contribution in [0.2, 0.25) is 0 Å². The first-order valence-electron chi connectivity index (χ1n) is 6.71. The molecule has 2 heterocycles. The number of aromatic nitrogens is 2. The van der Waals surface area contributed by atoms with Crippen molar-refractivity contribution in [1.29, 1.82) is 0 Å². The number of thiophene rings is 1. The third-order valence-electron chi connectivity index (χ3n) is 3.17. The summed E-state index contributed by atoms with van der Waals surface area (Å²) in [6.07, 6.45) is 5.02. The number of nitrogens with one attached hydrogen (secondary N) is 1. The molecule has 1 unspecified atom stereocenters. The van der Waals surface area contributed by atoms with Crippen LogP contribution in [0.3, 0.4) is 0 Å². The predicted octanol–water partition coefficient (Wildman–Crippen LogP) is 3.60. The van der Waals surface area contributed by atoms with Crippen molar-refractivity contribution in [2.45, 2.75) is 33.2 Å². The van der Waals surface area contributed by atoms with Gasteiger partial charge in [-0.1, -0.05) is 26.8 Å². The molecule has 0 aromatic carbocycles. The molecular weight excluding hydrogens is 254 g/mol. The Morgan fingerprint density at radius 1 is 1.42 bits per heavy atom. The van der Waals surface area contributed by atoms with Crippen LogP contribution in [0.1, 0.15) is 43.9 Å². The van der Waals surface area contributed by atoms with E-state index in [-0.39, 0.29) is 6.04 Å². The molecule has 0 aliphatic carbocycles. The average Bonchev–Trinajstić information content (AvgIpc) is 2.94. The summed E-state index contributed by atoms with van der Waals surface area (Å²) in [5.41, 5.74) is 0.356. The normalized spacial score (nSPS) is 13.7. The Balaban J connectivity index is 2.11. The monoisotopic (exact) mass is 277 g/mol. The van der Waals surface area contributed by atoms with E-state index < -0.39 is 0 Å². The minimum atomic E-state index is 0.197. The second-order valence-electron chi connectivity index (χ2n) is 6.11. The first-order valence-corrected chi connectivity index (χ1v) is 7.59. The highest BCUT2D eigenvalue weighted by atomic mass is 32.1. The molecule has 0 amide bonds. The topological polar surface area (TPSA) is 29.9 Å². The third-order valence-corrected chi connectivity index (χ3v) is 4.10. The molecular formula is C15H23N3S. The van der Waals surface area contributed by atoms with Crippen LogP contribution in [0.25, 0.3) is 0 Å². The van der Waals surface area contributed by atoms with Gasteiger partial charge in [-0.15, -0.1) is 11.3 Å². The molecule has 2 aromatic rings. The summed E-state index contributed by atoms with van der Waals surface area (Å²) in [6.45, 7) is 7.82. The SMILES string of the molecule is Cn1ccnc1C(NCCC(C)(C)C)c1cccs1. The van der Waals surface area contributed by atoms with Gasteiger partial charge in [0.15, 0.2) is 0 Å².